The molecule has 0 radical (unpaired) electrons. The summed E-state index contributed by atoms with van der Waals surface area (Å²) in [5.41, 5.74) is 0.711. The zero-order valence-corrected chi connectivity index (χ0v) is 17.5. The van der Waals surface area contributed by atoms with Crippen molar-refractivity contribution in [3.05, 3.63) is 24.3 Å². The Bertz CT molecular complexity index is 884. The van der Waals surface area contributed by atoms with E-state index in [1.54, 1.807) is 28.6 Å². The van der Waals surface area contributed by atoms with Gasteiger partial charge in [0.2, 0.25) is 15.9 Å². The van der Waals surface area contributed by atoms with E-state index in [0.717, 1.165) is 38.0 Å². The van der Waals surface area contributed by atoms with Gasteiger partial charge in [-0.2, -0.15) is 4.31 Å². The van der Waals surface area contributed by atoms with Crippen molar-refractivity contribution in [2.45, 2.75) is 48.8 Å². The van der Waals surface area contributed by atoms with Crippen molar-refractivity contribution in [3.63, 3.8) is 0 Å². The van der Waals surface area contributed by atoms with Crippen LogP contribution in [0.3, 0.4) is 0 Å². The van der Waals surface area contributed by atoms with Crippen LogP contribution in [0.25, 0.3) is 11.5 Å². The summed E-state index contributed by atoms with van der Waals surface area (Å²) >= 11 is 1.49. The fourth-order valence-corrected chi connectivity index (χ4v) is 5.77. The lowest BCUT2D eigenvalue weighted by atomic mass is 10.0. The highest BCUT2D eigenvalue weighted by molar-refractivity contribution is 7.99. The smallest absolute Gasteiger partial charge is 0.276 e. The van der Waals surface area contributed by atoms with Crippen molar-refractivity contribution in [1.29, 1.82) is 0 Å². The summed E-state index contributed by atoms with van der Waals surface area (Å²) in [6.45, 7) is 4.16. The van der Waals surface area contributed by atoms with Crippen LogP contribution >= 0.6 is 11.8 Å². The van der Waals surface area contributed by atoms with E-state index >= 15 is 0 Å². The molecule has 2 aliphatic rings. The quantitative estimate of drug-likeness (QED) is 0.658. The maximum absolute atomic E-state index is 12.8. The van der Waals surface area contributed by atoms with E-state index in [2.05, 4.69) is 17.1 Å². The highest BCUT2D eigenvalue weighted by Crippen LogP contribution is 2.28. The Kier molecular flexibility index (Phi) is 6.05. The van der Waals surface area contributed by atoms with Crippen molar-refractivity contribution in [1.82, 2.24) is 14.5 Å². The molecule has 0 spiro atoms. The van der Waals surface area contributed by atoms with Crippen molar-refractivity contribution >= 4 is 21.8 Å². The standard InChI is InChI=1S/C19H25N3O4S2/c1-14-8-10-22(11-9-14)28(23,24)17-6-4-15(5-7-17)18-20-21-19(26-18)27-13-16-3-2-12-25-16/h4-7,14,16H,2-3,8-13H2,1H3/t16-/m1/s1. The number of piperidine rings is 1. The second-order valence-electron chi connectivity index (χ2n) is 7.43. The van der Waals surface area contributed by atoms with E-state index in [1.165, 1.54) is 11.8 Å². The van der Waals surface area contributed by atoms with E-state index in [-0.39, 0.29) is 6.10 Å². The molecule has 7 nitrogen and oxygen atoms in total. The first-order valence-electron chi connectivity index (χ1n) is 9.71. The molecule has 2 saturated heterocycles. The minimum atomic E-state index is -3.45. The molecule has 2 fully saturated rings. The van der Waals surface area contributed by atoms with Crippen LogP contribution in [0.15, 0.2) is 38.8 Å². The molecule has 1 atom stereocenters. The van der Waals surface area contributed by atoms with Gasteiger partial charge in [-0.05, 0) is 55.9 Å². The average molecular weight is 424 g/mol. The van der Waals surface area contributed by atoms with Crippen molar-refractivity contribution in [2.24, 2.45) is 5.92 Å². The van der Waals surface area contributed by atoms with E-state index < -0.39 is 10.0 Å². The van der Waals surface area contributed by atoms with Gasteiger partial charge >= 0.3 is 0 Å². The largest absolute Gasteiger partial charge is 0.411 e. The van der Waals surface area contributed by atoms with Gasteiger partial charge in [-0.25, -0.2) is 8.42 Å². The Labute approximate surface area is 169 Å². The van der Waals surface area contributed by atoms with Gasteiger partial charge in [-0.15, -0.1) is 10.2 Å². The molecule has 1 aromatic carbocycles. The third-order valence-electron chi connectivity index (χ3n) is 5.30. The summed E-state index contributed by atoms with van der Waals surface area (Å²) in [6, 6.07) is 6.68. The molecule has 0 saturated carbocycles. The molecule has 152 valence electrons. The first-order valence-corrected chi connectivity index (χ1v) is 12.1. The Morgan fingerprint density at radius 2 is 1.89 bits per heavy atom. The predicted octanol–water partition coefficient (Wildman–Crippen LogP) is 3.43. The van der Waals surface area contributed by atoms with Crippen LogP contribution < -0.4 is 0 Å². The Hall–Kier alpha value is -1.42. The topological polar surface area (TPSA) is 85.5 Å². The molecule has 0 unspecified atom stereocenters. The van der Waals surface area contributed by atoms with Gasteiger partial charge in [0.05, 0.1) is 11.0 Å². The number of nitrogens with zero attached hydrogens (tertiary/aromatic N) is 3. The van der Waals surface area contributed by atoms with Crippen molar-refractivity contribution in [3.8, 4) is 11.5 Å². The van der Waals surface area contributed by atoms with E-state index in [4.69, 9.17) is 9.15 Å². The summed E-state index contributed by atoms with van der Waals surface area (Å²) in [5.74, 6) is 1.78. The van der Waals surface area contributed by atoms with Gasteiger partial charge in [-0.1, -0.05) is 18.7 Å². The molecule has 0 bridgehead atoms. The zero-order chi connectivity index (χ0) is 19.6. The molecular weight excluding hydrogens is 398 g/mol. The van der Waals surface area contributed by atoms with Gasteiger partial charge in [0.25, 0.3) is 5.22 Å². The maximum Gasteiger partial charge on any atom is 0.276 e. The molecule has 3 heterocycles. The van der Waals surface area contributed by atoms with Gasteiger partial charge in [-0.3, -0.25) is 0 Å². The lowest BCUT2D eigenvalue weighted by molar-refractivity contribution is 0.128. The summed E-state index contributed by atoms with van der Waals surface area (Å²) < 4.78 is 38.5. The zero-order valence-electron chi connectivity index (χ0n) is 15.9. The molecule has 0 N–H and O–H groups in total. The monoisotopic (exact) mass is 423 g/mol. The van der Waals surface area contributed by atoms with Gasteiger partial charge < -0.3 is 9.15 Å². The molecule has 0 amide bonds. The number of benzene rings is 1. The van der Waals surface area contributed by atoms with Crippen molar-refractivity contribution < 1.29 is 17.6 Å². The molecular formula is C19H25N3O4S2. The van der Waals surface area contributed by atoms with Crippen LogP contribution in [0.2, 0.25) is 0 Å². The number of sulfonamides is 1. The Balaban J connectivity index is 1.41. The Morgan fingerprint density at radius 3 is 2.57 bits per heavy atom. The van der Waals surface area contributed by atoms with E-state index in [0.29, 0.717) is 40.6 Å². The number of ether oxygens (including phenoxy) is 1. The number of thioether (sulfide) groups is 1. The first-order chi connectivity index (χ1) is 13.5. The van der Waals surface area contributed by atoms with Crippen LogP contribution in [0, 0.1) is 5.92 Å². The second-order valence-corrected chi connectivity index (χ2v) is 10.3. The SMILES string of the molecule is CC1CCN(S(=O)(=O)c2ccc(-c3nnc(SC[C@H]4CCCO4)o3)cc2)CC1. The molecule has 0 aliphatic carbocycles. The summed E-state index contributed by atoms with van der Waals surface area (Å²) in [6.07, 6.45) is 4.24. The number of hydrogen-bond donors (Lipinski definition) is 0. The number of rotatable bonds is 6. The van der Waals surface area contributed by atoms with Crippen molar-refractivity contribution in [2.75, 3.05) is 25.4 Å². The van der Waals surface area contributed by atoms with Crippen LogP contribution in [-0.4, -0.2) is 54.5 Å². The Morgan fingerprint density at radius 1 is 1.14 bits per heavy atom. The molecule has 1 aromatic heterocycles. The molecule has 28 heavy (non-hydrogen) atoms. The van der Waals surface area contributed by atoms with E-state index in [1.807, 2.05) is 0 Å². The highest BCUT2D eigenvalue weighted by atomic mass is 32.2. The average Bonchev–Trinajstić information content (AvgIpc) is 3.39. The van der Waals surface area contributed by atoms with E-state index in [9.17, 15) is 8.42 Å². The highest BCUT2D eigenvalue weighted by Gasteiger charge is 2.28. The first kappa shape index (κ1) is 19.9. The number of hydrogen-bond acceptors (Lipinski definition) is 7. The van der Waals surface area contributed by atoms with Crippen LogP contribution in [0.1, 0.15) is 32.6 Å². The molecule has 9 heteroatoms. The second kappa shape index (κ2) is 8.52. The minimum Gasteiger partial charge on any atom is -0.411 e. The van der Waals surface area contributed by atoms with Gasteiger partial charge in [0, 0.05) is 31.0 Å². The molecule has 4 rings (SSSR count). The molecule has 2 aromatic rings. The summed E-state index contributed by atoms with van der Waals surface area (Å²) in [5, 5.41) is 8.66. The summed E-state index contributed by atoms with van der Waals surface area (Å²) in [7, 11) is -3.45. The lowest BCUT2D eigenvalue weighted by Gasteiger charge is -2.29. The van der Waals surface area contributed by atoms with Crippen LogP contribution in [0.5, 0.6) is 0 Å². The molecule has 2 aliphatic heterocycles. The van der Waals surface area contributed by atoms with Crippen LogP contribution in [0.4, 0.5) is 0 Å². The maximum atomic E-state index is 12.8. The fourth-order valence-electron chi connectivity index (χ4n) is 3.47. The third kappa shape index (κ3) is 4.42. The fraction of sp³-hybridized carbons (Fsp3) is 0.579. The summed E-state index contributed by atoms with van der Waals surface area (Å²) in [4.78, 5) is 0.304. The van der Waals surface area contributed by atoms with Gasteiger partial charge in [0.1, 0.15) is 0 Å². The van der Waals surface area contributed by atoms with Gasteiger partial charge in [0.15, 0.2) is 0 Å². The normalized spacial score (nSPS) is 22.0. The number of aromatic nitrogens is 2. The lowest BCUT2D eigenvalue weighted by Crippen LogP contribution is -2.37. The van der Waals surface area contributed by atoms with Crippen LogP contribution in [-0.2, 0) is 14.8 Å². The minimum absolute atomic E-state index is 0.252. The predicted molar refractivity (Wildman–Crippen MR) is 107 cm³/mol. The third-order valence-corrected chi connectivity index (χ3v) is 8.17.